The lowest BCUT2D eigenvalue weighted by molar-refractivity contribution is 0.0697. The summed E-state index contributed by atoms with van der Waals surface area (Å²) >= 11 is 11.7. The van der Waals surface area contributed by atoms with Crippen LogP contribution in [0.2, 0.25) is 10.0 Å². The van der Waals surface area contributed by atoms with E-state index in [9.17, 15) is 4.79 Å². The quantitative estimate of drug-likeness (QED) is 0.683. The van der Waals surface area contributed by atoms with Gasteiger partial charge in [-0.25, -0.2) is 4.79 Å². The van der Waals surface area contributed by atoms with E-state index in [2.05, 4.69) is 5.16 Å². The average Bonchev–Trinajstić information content (AvgIpc) is 2.38. The molecule has 0 bridgehead atoms. The Bertz CT molecular complexity index is 634. The normalized spacial score (nSPS) is 10.7. The maximum Gasteiger partial charge on any atom is 0.335 e. The summed E-state index contributed by atoms with van der Waals surface area (Å²) in [5, 5.41) is 13.5. The van der Waals surface area contributed by atoms with Crippen molar-refractivity contribution in [2.75, 3.05) is 0 Å². The molecule has 2 aromatic rings. The van der Waals surface area contributed by atoms with Crippen molar-refractivity contribution in [3.05, 3.63) is 63.6 Å². The highest BCUT2D eigenvalue weighted by Crippen LogP contribution is 2.18. The third-order valence-corrected chi connectivity index (χ3v) is 2.78. The number of hydrogen-bond acceptors (Lipinski definition) is 3. The van der Waals surface area contributed by atoms with Crippen molar-refractivity contribution in [1.29, 1.82) is 0 Å². The van der Waals surface area contributed by atoms with Crippen molar-refractivity contribution >= 4 is 35.4 Å². The molecule has 0 saturated heterocycles. The molecule has 0 aliphatic carbocycles. The van der Waals surface area contributed by atoms with Crippen LogP contribution in [0.4, 0.5) is 0 Å². The molecule has 0 saturated carbocycles. The molecule has 0 amide bonds. The molecule has 0 aliphatic heterocycles. The molecule has 2 aromatic carbocycles. The van der Waals surface area contributed by atoms with Gasteiger partial charge < -0.3 is 9.94 Å². The molecule has 4 nitrogen and oxygen atoms in total. The van der Waals surface area contributed by atoms with E-state index in [4.69, 9.17) is 33.1 Å². The summed E-state index contributed by atoms with van der Waals surface area (Å²) < 4.78 is 0. The van der Waals surface area contributed by atoms with Gasteiger partial charge in [-0.15, -0.1) is 0 Å². The van der Waals surface area contributed by atoms with Crippen LogP contribution in [0.25, 0.3) is 0 Å². The van der Waals surface area contributed by atoms with E-state index in [0.29, 0.717) is 21.4 Å². The minimum Gasteiger partial charge on any atom is -0.478 e. The first-order valence-corrected chi connectivity index (χ1v) is 6.30. The number of carboxylic acids is 1. The number of benzene rings is 2. The van der Waals surface area contributed by atoms with E-state index in [1.807, 2.05) is 0 Å². The first-order chi connectivity index (χ1) is 9.54. The molecule has 102 valence electrons. The second kappa shape index (κ2) is 6.41. The average molecular weight is 310 g/mol. The van der Waals surface area contributed by atoms with Gasteiger partial charge in [0.25, 0.3) is 0 Å². The molecule has 0 radical (unpaired) electrons. The molecule has 20 heavy (non-hydrogen) atoms. The lowest BCUT2D eigenvalue weighted by Crippen LogP contribution is -1.95. The predicted octanol–water partition coefficient (Wildman–Crippen LogP) is 4.10. The van der Waals surface area contributed by atoms with Gasteiger partial charge in [0.1, 0.15) is 0 Å². The first-order valence-electron chi connectivity index (χ1n) is 5.54. The van der Waals surface area contributed by atoms with Crippen molar-refractivity contribution in [2.45, 2.75) is 0 Å². The molecule has 0 aromatic heterocycles. The molecule has 0 spiro atoms. The third kappa shape index (κ3) is 3.98. The molecular weight excluding hydrogens is 301 g/mol. The van der Waals surface area contributed by atoms with Crippen LogP contribution in [0.15, 0.2) is 47.6 Å². The Morgan fingerprint density at radius 2 is 1.70 bits per heavy atom. The zero-order valence-electron chi connectivity index (χ0n) is 10.1. The number of halogens is 2. The van der Waals surface area contributed by atoms with Crippen LogP contribution >= 0.6 is 23.2 Å². The number of carbonyl (C=O) groups is 1. The number of aromatic carboxylic acids is 1. The van der Waals surface area contributed by atoms with Gasteiger partial charge in [-0.2, -0.15) is 0 Å². The fraction of sp³-hybridized carbons (Fsp3) is 0. The van der Waals surface area contributed by atoms with Crippen LogP contribution in [0, 0.1) is 0 Å². The summed E-state index contributed by atoms with van der Waals surface area (Å²) in [4.78, 5) is 15.8. The fourth-order valence-corrected chi connectivity index (χ4v) is 2.00. The largest absolute Gasteiger partial charge is 0.478 e. The van der Waals surface area contributed by atoms with Gasteiger partial charge in [0.15, 0.2) is 5.75 Å². The van der Waals surface area contributed by atoms with Gasteiger partial charge in [-0.1, -0.05) is 28.4 Å². The highest BCUT2D eigenvalue weighted by atomic mass is 35.5. The highest BCUT2D eigenvalue weighted by molar-refractivity contribution is 6.35. The minimum atomic E-state index is -0.992. The van der Waals surface area contributed by atoms with Crippen molar-refractivity contribution in [3.63, 3.8) is 0 Å². The number of rotatable bonds is 4. The Labute approximate surface area is 125 Å². The fourth-order valence-electron chi connectivity index (χ4n) is 1.46. The maximum atomic E-state index is 10.7. The lowest BCUT2D eigenvalue weighted by atomic mass is 10.2. The van der Waals surface area contributed by atoms with Gasteiger partial charge >= 0.3 is 5.97 Å². The molecule has 1 N–H and O–H groups in total. The summed E-state index contributed by atoms with van der Waals surface area (Å²) in [7, 11) is 0. The van der Waals surface area contributed by atoms with Crippen LogP contribution < -0.4 is 4.84 Å². The summed E-state index contributed by atoms with van der Waals surface area (Å²) in [6.45, 7) is 0. The summed E-state index contributed by atoms with van der Waals surface area (Å²) in [5.41, 5.74) is 0.882. The Morgan fingerprint density at radius 3 is 2.25 bits per heavy atom. The van der Waals surface area contributed by atoms with Crippen LogP contribution in [0.1, 0.15) is 15.9 Å². The Balaban J connectivity index is 2.04. The second-order valence-electron chi connectivity index (χ2n) is 3.86. The number of nitrogens with zero attached hydrogens (tertiary/aromatic N) is 1. The van der Waals surface area contributed by atoms with Crippen molar-refractivity contribution in [2.24, 2.45) is 5.16 Å². The smallest absolute Gasteiger partial charge is 0.335 e. The molecule has 2 rings (SSSR count). The molecule has 0 atom stereocenters. The molecule has 0 aliphatic rings. The SMILES string of the molecule is O=C(O)c1ccc(O/N=C/c2cc(Cl)cc(Cl)c2)cc1. The Morgan fingerprint density at radius 1 is 1.10 bits per heavy atom. The van der Waals surface area contributed by atoms with Crippen LogP contribution in [0.3, 0.4) is 0 Å². The van der Waals surface area contributed by atoms with E-state index >= 15 is 0 Å². The van der Waals surface area contributed by atoms with E-state index in [-0.39, 0.29) is 5.56 Å². The van der Waals surface area contributed by atoms with Crippen LogP contribution in [-0.2, 0) is 0 Å². The molecule has 0 heterocycles. The topological polar surface area (TPSA) is 58.9 Å². The molecule has 0 fully saturated rings. The van der Waals surface area contributed by atoms with Gasteiger partial charge in [0, 0.05) is 10.0 Å². The van der Waals surface area contributed by atoms with E-state index < -0.39 is 5.97 Å². The summed E-state index contributed by atoms with van der Waals surface area (Å²) in [6.07, 6.45) is 1.46. The van der Waals surface area contributed by atoms with Gasteiger partial charge in [0.2, 0.25) is 0 Å². The van der Waals surface area contributed by atoms with Crippen molar-refractivity contribution < 1.29 is 14.7 Å². The van der Waals surface area contributed by atoms with Gasteiger partial charge in [0.05, 0.1) is 11.8 Å². The van der Waals surface area contributed by atoms with Crippen molar-refractivity contribution in [1.82, 2.24) is 0 Å². The maximum absolute atomic E-state index is 10.7. The van der Waals surface area contributed by atoms with Crippen LogP contribution in [-0.4, -0.2) is 17.3 Å². The van der Waals surface area contributed by atoms with Gasteiger partial charge in [-0.3, -0.25) is 0 Å². The molecular formula is C14H9Cl2NO3. The van der Waals surface area contributed by atoms with E-state index in [0.717, 1.165) is 0 Å². The standard InChI is InChI=1S/C14H9Cl2NO3/c15-11-5-9(6-12(16)7-11)8-17-20-13-3-1-10(2-4-13)14(18)19/h1-8H,(H,18,19)/b17-8+. The van der Waals surface area contributed by atoms with Crippen molar-refractivity contribution in [3.8, 4) is 5.75 Å². The minimum absolute atomic E-state index is 0.183. The first kappa shape index (κ1) is 14.4. The third-order valence-electron chi connectivity index (χ3n) is 2.35. The highest BCUT2D eigenvalue weighted by Gasteiger charge is 2.01. The second-order valence-corrected chi connectivity index (χ2v) is 4.73. The Kier molecular flexibility index (Phi) is 4.61. The monoisotopic (exact) mass is 309 g/mol. The van der Waals surface area contributed by atoms with Crippen LogP contribution in [0.5, 0.6) is 5.75 Å². The lowest BCUT2D eigenvalue weighted by Gasteiger charge is -1.99. The van der Waals surface area contributed by atoms with E-state index in [1.165, 1.54) is 30.5 Å². The summed E-state index contributed by atoms with van der Waals surface area (Å²) in [6, 6.07) is 10.9. The van der Waals surface area contributed by atoms with Gasteiger partial charge in [-0.05, 0) is 48.0 Å². The Hall–Kier alpha value is -2.04. The number of carboxylic acid groups (broad SMARTS) is 1. The summed E-state index contributed by atoms with van der Waals surface area (Å²) in [5.74, 6) is -0.562. The molecule has 6 heteroatoms. The number of oxime groups is 1. The predicted molar refractivity (Wildman–Crippen MR) is 78.1 cm³/mol. The zero-order chi connectivity index (χ0) is 14.5. The number of hydrogen-bond donors (Lipinski definition) is 1. The van der Waals surface area contributed by atoms with E-state index in [1.54, 1.807) is 18.2 Å². The molecule has 0 unspecified atom stereocenters. The zero-order valence-corrected chi connectivity index (χ0v) is 11.6.